The second-order valence-corrected chi connectivity index (χ2v) is 3.87. The zero-order valence-corrected chi connectivity index (χ0v) is 9.01. The summed E-state index contributed by atoms with van der Waals surface area (Å²) in [6.07, 6.45) is 0.482. The predicted octanol–water partition coefficient (Wildman–Crippen LogP) is 2.91. The quantitative estimate of drug-likeness (QED) is 0.837. The van der Waals surface area contributed by atoms with Crippen molar-refractivity contribution in [2.75, 3.05) is 0 Å². The molecule has 1 unspecified atom stereocenters. The van der Waals surface area contributed by atoms with Crippen LogP contribution in [0.3, 0.4) is 0 Å². The largest absolute Gasteiger partial charge is 0.481 e. The Labute approximate surface area is 88.5 Å². The number of carbonyl (C=O) groups is 1. The predicted molar refractivity (Wildman–Crippen MR) is 56.7 cm³/mol. The minimum atomic E-state index is -0.789. The number of benzene rings is 1. The molecule has 1 atom stereocenters. The van der Waals surface area contributed by atoms with Crippen molar-refractivity contribution in [3.8, 4) is 0 Å². The van der Waals surface area contributed by atoms with Gasteiger partial charge in [-0.05, 0) is 24.5 Å². The second-order valence-electron chi connectivity index (χ2n) is 3.49. The molecule has 0 spiro atoms. The van der Waals surface area contributed by atoms with Crippen LogP contribution in [0.5, 0.6) is 0 Å². The van der Waals surface area contributed by atoms with Gasteiger partial charge in [-0.25, -0.2) is 0 Å². The molecule has 0 heterocycles. The summed E-state index contributed by atoms with van der Waals surface area (Å²) in [5.74, 6) is -1.18. The Morgan fingerprint density at radius 2 is 2.21 bits per heavy atom. The summed E-state index contributed by atoms with van der Waals surface area (Å²) in [5.41, 5.74) is 1.89. The average Bonchev–Trinajstić information content (AvgIpc) is 2.12. The molecule has 1 rings (SSSR count). The lowest BCUT2D eigenvalue weighted by molar-refractivity contribution is -0.141. The van der Waals surface area contributed by atoms with E-state index in [0.717, 1.165) is 11.1 Å². The van der Waals surface area contributed by atoms with Gasteiger partial charge in [-0.1, -0.05) is 36.7 Å². The van der Waals surface area contributed by atoms with E-state index in [1.54, 1.807) is 6.92 Å². The average molecular weight is 213 g/mol. The summed E-state index contributed by atoms with van der Waals surface area (Å²) < 4.78 is 0. The first-order chi connectivity index (χ1) is 6.52. The van der Waals surface area contributed by atoms with Crippen molar-refractivity contribution in [2.24, 2.45) is 5.92 Å². The molecule has 1 N–H and O–H groups in total. The van der Waals surface area contributed by atoms with Crippen LogP contribution in [0.1, 0.15) is 18.1 Å². The molecule has 0 fully saturated rings. The molecule has 3 heteroatoms. The molecule has 0 radical (unpaired) electrons. The topological polar surface area (TPSA) is 37.3 Å². The second kappa shape index (κ2) is 4.47. The van der Waals surface area contributed by atoms with Gasteiger partial charge in [-0.2, -0.15) is 0 Å². The lowest BCUT2D eigenvalue weighted by Gasteiger charge is -2.09. The van der Waals surface area contributed by atoms with Crippen LogP contribution >= 0.6 is 11.6 Å². The number of halogens is 1. The highest BCUT2D eigenvalue weighted by Crippen LogP contribution is 2.22. The van der Waals surface area contributed by atoms with Gasteiger partial charge >= 0.3 is 5.97 Å². The Balaban J connectivity index is 2.87. The van der Waals surface area contributed by atoms with Gasteiger partial charge in [0.2, 0.25) is 0 Å². The van der Waals surface area contributed by atoms with E-state index in [9.17, 15) is 4.79 Å². The molecule has 0 aliphatic rings. The van der Waals surface area contributed by atoms with E-state index in [0.29, 0.717) is 11.4 Å². The van der Waals surface area contributed by atoms with Crippen molar-refractivity contribution in [2.45, 2.75) is 20.3 Å². The number of hydrogen-bond donors (Lipinski definition) is 1. The maximum absolute atomic E-state index is 10.7. The summed E-state index contributed by atoms with van der Waals surface area (Å²) in [6, 6.07) is 5.68. The molecular formula is C11H13ClO2. The van der Waals surface area contributed by atoms with E-state index in [-0.39, 0.29) is 0 Å². The lowest BCUT2D eigenvalue weighted by atomic mass is 10.00. The smallest absolute Gasteiger partial charge is 0.306 e. The summed E-state index contributed by atoms with van der Waals surface area (Å²) >= 11 is 6.05. The minimum Gasteiger partial charge on any atom is -0.481 e. The minimum absolute atomic E-state index is 0.394. The van der Waals surface area contributed by atoms with Gasteiger partial charge in [0.15, 0.2) is 0 Å². The van der Waals surface area contributed by atoms with Crippen LogP contribution in [-0.4, -0.2) is 11.1 Å². The summed E-state index contributed by atoms with van der Waals surface area (Å²) in [6.45, 7) is 3.60. The van der Waals surface area contributed by atoms with Crippen LogP contribution in [0.25, 0.3) is 0 Å². The van der Waals surface area contributed by atoms with Gasteiger partial charge in [0.25, 0.3) is 0 Å². The highest BCUT2D eigenvalue weighted by atomic mass is 35.5. The summed E-state index contributed by atoms with van der Waals surface area (Å²) in [7, 11) is 0. The molecular weight excluding hydrogens is 200 g/mol. The zero-order valence-electron chi connectivity index (χ0n) is 8.25. The molecule has 1 aromatic rings. The normalized spacial score (nSPS) is 12.5. The molecule has 0 aromatic heterocycles. The van der Waals surface area contributed by atoms with E-state index in [4.69, 9.17) is 16.7 Å². The lowest BCUT2D eigenvalue weighted by Crippen LogP contribution is -2.12. The molecule has 2 nitrogen and oxygen atoms in total. The Kier molecular flexibility index (Phi) is 3.53. The molecule has 0 saturated carbocycles. The molecule has 0 aliphatic carbocycles. The van der Waals surface area contributed by atoms with Crippen LogP contribution in [0.2, 0.25) is 5.02 Å². The molecule has 0 saturated heterocycles. The van der Waals surface area contributed by atoms with E-state index in [1.165, 1.54) is 0 Å². The van der Waals surface area contributed by atoms with Gasteiger partial charge in [0.1, 0.15) is 0 Å². The Morgan fingerprint density at radius 3 is 2.79 bits per heavy atom. The highest BCUT2D eigenvalue weighted by molar-refractivity contribution is 6.32. The highest BCUT2D eigenvalue weighted by Gasteiger charge is 2.13. The van der Waals surface area contributed by atoms with Crippen LogP contribution in [0, 0.1) is 12.8 Å². The van der Waals surface area contributed by atoms with Crippen molar-refractivity contribution < 1.29 is 9.90 Å². The SMILES string of the molecule is Cc1cccc(CC(C)C(=O)O)c1Cl. The Hall–Kier alpha value is -1.02. The summed E-state index contributed by atoms with van der Waals surface area (Å²) in [4.78, 5) is 10.7. The van der Waals surface area contributed by atoms with Crippen LogP contribution in [0.15, 0.2) is 18.2 Å². The van der Waals surface area contributed by atoms with E-state index in [1.807, 2.05) is 25.1 Å². The first-order valence-electron chi connectivity index (χ1n) is 4.49. The van der Waals surface area contributed by atoms with Crippen LogP contribution in [-0.2, 0) is 11.2 Å². The van der Waals surface area contributed by atoms with Crippen molar-refractivity contribution >= 4 is 17.6 Å². The fraction of sp³-hybridized carbons (Fsp3) is 0.364. The first kappa shape index (κ1) is 11.1. The fourth-order valence-electron chi connectivity index (χ4n) is 1.28. The molecule has 0 bridgehead atoms. The Morgan fingerprint density at radius 1 is 1.57 bits per heavy atom. The molecule has 1 aromatic carbocycles. The number of aryl methyl sites for hydroxylation is 1. The Bertz CT molecular complexity index is 347. The monoisotopic (exact) mass is 212 g/mol. The van der Waals surface area contributed by atoms with Crippen LogP contribution in [0.4, 0.5) is 0 Å². The zero-order chi connectivity index (χ0) is 10.7. The van der Waals surface area contributed by atoms with Gasteiger partial charge in [0.05, 0.1) is 5.92 Å². The maximum Gasteiger partial charge on any atom is 0.306 e. The number of rotatable bonds is 3. The van der Waals surface area contributed by atoms with Crippen molar-refractivity contribution in [1.29, 1.82) is 0 Å². The molecule has 14 heavy (non-hydrogen) atoms. The third kappa shape index (κ3) is 2.48. The summed E-state index contributed by atoms with van der Waals surface area (Å²) in [5, 5.41) is 9.44. The van der Waals surface area contributed by atoms with Crippen LogP contribution < -0.4 is 0 Å². The van der Waals surface area contributed by atoms with E-state index < -0.39 is 11.9 Å². The fourth-order valence-corrected chi connectivity index (χ4v) is 1.49. The van der Waals surface area contributed by atoms with Gasteiger partial charge < -0.3 is 5.11 Å². The number of carboxylic acids is 1. The standard InChI is InChI=1S/C11H13ClO2/c1-7-4-3-5-9(10(7)12)6-8(2)11(13)14/h3-5,8H,6H2,1-2H3,(H,13,14). The molecule has 0 aliphatic heterocycles. The third-order valence-corrected chi connectivity index (χ3v) is 2.76. The molecule has 0 amide bonds. The number of aliphatic carboxylic acids is 1. The molecule has 76 valence electrons. The number of carboxylic acid groups (broad SMARTS) is 1. The van der Waals surface area contributed by atoms with Crippen molar-refractivity contribution in [3.63, 3.8) is 0 Å². The van der Waals surface area contributed by atoms with Gasteiger partial charge in [0, 0.05) is 5.02 Å². The van der Waals surface area contributed by atoms with E-state index in [2.05, 4.69) is 0 Å². The maximum atomic E-state index is 10.7. The van der Waals surface area contributed by atoms with Gasteiger partial charge in [-0.3, -0.25) is 4.79 Å². The first-order valence-corrected chi connectivity index (χ1v) is 4.87. The van der Waals surface area contributed by atoms with Gasteiger partial charge in [-0.15, -0.1) is 0 Å². The van der Waals surface area contributed by atoms with Crippen molar-refractivity contribution in [3.05, 3.63) is 34.3 Å². The third-order valence-electron chi connectivity index (χ3n) is 2.22. The van der Waals surface area contributed by atoms with Crippen molar-refractivity contribution in [1.82, 2.24) is 0 Å². The van der Waals surface area contributed by atoms with E-state index >= 15 is 0 Å². The number of hydrogen-bond acceptors (Lipinski definition) is 1.